The van der Waals surface area contributed by atoms with Crippen LogP contribution in [0.4, 0.5) is 0 Å². The molecule has 1 N–H and O–H groups in total. The average Bonchev–Trinajstić information content (AvgIpc) is 2.54. The van der Waals surface area contributed by atoms with Crippen molar-refractivity contribution in [1.29, 1.82) is 0 Å². The van der Waals surface area contributed by atoms with Crippen molar-refractivity contribution in [3.8, 4) is 11.1 Å². The van der Waals surface area contributed by atoms with Gasteiger partial charge in [0.15, 0.2) is 0 Å². The normalized spacial score (nSPS) is 11.8. The Morgan fingerprint density at radius 2 is 1.61 bits per heavy atom. The summed E-state index contributed by atoms with van der Waals surface area (Å²) in [5.41, 5.74) is 6.43. The van der Waals surface area contributed by atoms with Gasteiger partial charge >= 0.3 is 0 Å². The molecule has 1 aromatic carbocycles. The molecule has 0 saturated heterocycles. The lowest BCUT2D eigenvalue weighted by Crippen LogP contribution is -2.10. The van der Waals surface area contributed by atoms with Gasteiger partial charge < -0.3 is 5.11 Å². The van der Waals surface area contributed by atoms with E-state index < -0.39 is 0 Å². The number of hydrogen-bond donors (Lipinski definition) is 1. The van der Waals surface area contributed by atoms with Crippen LogP contribution in [0.15, 0.2) is 36.4 Å². The Hall–Kier alpha value is -1.93. The third-order valence-electron chi connectivity index (χ3n) is 4.04. The lowest BCUT2D eigenvalue weighted by molar-refractivity contribution is 0.280. The zero-order valence-electron chi connectivity index (χ0n) is 14.8. The Morgan fingerprint density at radius 1 is 1.00 bits per heavy atom. The van der Waals surface area contributed by atoms with E-state index in [1.54, 1.807) is 0 Å². The molecule has 23 heavy (non-hydrogen) atoms. The molecule has 0 amide bonds. The molecule has 2 nitrogen and oxygen atoms in total. The van der Waals surface area contributed by atoms with E-state index in [1.165, 1.54) is 0 Å². The Balaban J connectivity index is 2.93. The molecular weight excluding hydrogens is 282 g/mol. The second-order valence-corrected chi connectivity index (χ2v) is 6.48. The van der Waals surface area contributed by atoms with Crippen molar-refractivity contribution in [3.63, 3.8) is 0 Å². The molecule has 0 unspecified atom stereocenters. The van der Waals surface area contributed by atoms with Gasteiger partial charge in [-0.15, -0.1) is 0 Å². The first-order valence-electron chi connectivity index (χ1n) is 8.36. The maximum Gasteiger partial charge on any atom is 0.0706 e. The number of aliphatic hydroxyl groups is 1. The van der Waals surface area contributed by atoms with Gasteiger partial charge in [0.2, 0.25) is 0 Å². The highest BCUT2D eigenvalue weighted by Crippen LogP contribution is 2.37. The molecule has 0 aliphatic heterocycles. The van der Waals surface area contributed by atoms with E-state index in [0.717, 1.165) is 33.6 Å². The maximum absolute atomic E-state index is 10.1. The summed E-state index contributed by atoms with van der Waals surface area (Å²) < 4.78 is 0. The van der Waals surface area contributed by atoms with Gasteiger partial charge in [-0.05, 0) is 29.9 Å². The molecule has 0 saturated carbocycles. The van der Waals surface area contributed by atoms with Crippen LogP contribution in [-0.2, 0) is 6.61 Å². The van der Waals surface area contributed by atoms with E-state index >= 15 is 0 Å². The molecule has 0 bridgehead atoms. The maximum atomic E-state index is 10.1. The Bertz CT molecular complexity index is 685. The molecule has 0 radical (unpaired) electrons. The highest BCUT2D eigenvalue weighted by molar-refractivity contribution is 5.80. The number of hydrogen-bond acceptors (Lipinski definition) is 2. The molecule has 1 aromatic heterocycles. The quantitative estimate of drug-likeness (QED) is 0.788. The SMILES string of the molecule is C/C=C/c1c(C(C)C)nc(C(C)C)c(CO)c1-c1ccccc1. The molecule has 0 atom stereocenters. The molecule has 122 valence electrons. The Kier molecular flexibility index (Phi) is 5.73. The fraction of sp³-hybridized carbons (Fsp3) is 0.381. The van der Waals surface area contributed by atoms with Gasteiger partial charge in [-0.25, -0.2) is 0 Å². The minimum absolute atomic E-state index is 0.00761. The van der Waals surface area contributed by atoms with Crippen molar-refractivity contribution in [2.24, 2.45) is 0 Å². The monoisotopic (exact) mass is 309 g/mol. The lowest BCUT2D eigenvalue weighted by Gasteiger charge is -2.22. The zero-order valence-corrected chi connectivity index (χ0v) is 14.8. The molecular formula is C21H27NO. The van der Waals surface area contributed by atoms with E-state index in [2.05, 4.69) is 45.9 Å². The van der Waals surface area contributed by atoms with E-state index in [9.17, 15) is 5.11 Å². The number of rotatable bonds is 5. The lowest BCUT2D eigenvalue weighted by atomic mass is 9.87. The summed E-state index contributed by atoms with van der Waals surface area (Å²) >= 11 is 0. The number of allylic oxidation sites excluding steroid dienone is 1. The molecule has 2 heteroatoms. The summed E-state index contributed by atoms with van der Waals surface area (Å²) in [5.74, 6) is 0.602. The van der Waals surface area contributed by atoms with Crippen LogP contribution in [-0.4, -0.2) is 10.1 Å². The van der Waals surface area contributed by atoms with Crippen LogP contribution in [0.1, 0.15) is 69.0 Å². The van der Waals surface area contributed by atoms with Gasteiger partial charge in [-0.2, -0.15) is 0 Å². The van der Waals surface area contributed by atoms with E-state index in [4.69, 9.17) is 4.98 Å². The minimum atomic E-state index is 0.00761. The largest absolute Gasteiger partial charge is 0.392 e. The van der Waals surface area contributed by atoms with Crippen molar-refractivity contribution < 1.29 is 5.11 Å². The van der Waals surface area contributed by atoms with E-state index in [0.29, 0.717) is 5.92 Å². The van der Waals surface area contributed by atoms with Crippen LogP contribution in [0.25, 0.3) is 17.2 Å². The predicted molar refractivity (Wildman–Crippen MR) is 98.5 cm³/mol. The van der Waals surface area contributed by atoms with Crippen LogP contribution in [0.5, 0.6) is 0 Å². The summed E-state index contributed by atoms with van der Waals surface area (Å²) in [4.78, 5) is 4.94. The van der Waals surface area contributed by atoms with Gasteiger partial charge in [-0.3, -0.25) is 4.98 Å². The number of aliphatic hydroxyl groups excluding tert-OH is 1. The van der Waals surface area contributed by atoms with Crippen LogP contribution in [0.2, 0.25) is 0 Å². The molecule has 1 heterocycles. The van der Waals surface area contributed by atoms with Gasteiger partial charge in [0.25, 0.3) is 0 Å². The highest BCUT2D eigenvalue weighted by Gasteiger charge is 2.21. The first-order chi connectivity index (χ1) is 11.0. The van der Waals surface area contributed by atoms with Crippen molar-refractivity contribution in [2.45, 2.75) is 53.1 Å². The van der Waals surface area contributed by atoms with Gasteiger partial charge in [0, 0.05) is 16.8 Å². The third kappa shape index (κ3) is 3.53. The molecule has 0 aliphatic rings. The predicted octanol–water partition coefficient (Wildman–Crippen LogP) is 5.52. The summed E-state index contributed by atoms with van der Waals surface area (Å²) in [6, 6.07) is 10.3. The first kappa shape index (κ1) is 17.4. The van der Waals surface area contributed by atoms with Crippen LogP contribution >= 0.6 is 0 Å². The van der Waals surface area contributed by atoms with Crippen molar-refractivity contribution in [3.05, 3.63) is 58.9 Å². The summed E-state index contributed by atoms with van der Waals surface area (Å²) in [6.45, 7) is 10.6. The molecule has 2 aromatic rings. The number of benzene rings is 1. The second-order valence-electron chi connectivity index (χ2n) is 6.48. The fourth-order valence-corrected chi connectivity index (χ4v) is 3.02. The van der Waals surface area contributed by atoms with E-state index in [-0.39, 0.29) is 12.5 Å². The number of pyridine rings is 1. The summed E-state index contributed by atoms with van der Waals surface area (Å²) in [7, 11) is 0. The van der Waals surface area contributed by atoms with Gasteiger partial charge in [0.1, 0.15) is 0 Å². The number of aromatic nitrogens is 1. The Morgan fingerprint density at radius 3 is 2.09 bits per heavy atom. The average molecular weight is 309 g/mol. The van der Waals surface area contributed by atoms with Crippen molar-refractivity contribution >= 4 is 6.08 Å². The fourth-order valence-electron chi connectivity index (χ4n) is 3.02. The topological polar surface area (TPSA) is 33.1 Å². The summed E-state index contributed by atoms with van der Waals surface area (Å²) in [5, 5.41) is 10.1. The second kappa shape index (κ2) is 7.56. The molecule has 0 fully saturated rings. The smallest absolute Gasteiger partial charge is 0.0706 e. The Labute approximate surface area is 139 Å². The van der Waals surface area contributed by atoms with Gasteiger partial charge in [0.05, 0.1) is 12.3 Å². The van der Waals surface area contributed by atoms with E-state index in [1.807, 2.05) is 31.2 Å². The minimum Gasteiger partial charge on any atom is -0.392 e. The number of nitrogens with zero attached hydrogens (tertiary/aromatic N) is 1. The third-order valence-corrected chi connectivity index (χ3v) is 4.04. The van der Waals surface area contributed by atoms with Crippen molar-refractivity contribution in [1.82, 2.24) is 4.98 Å². The summed E-state index contributed by atoms with van der Waals surface area (Å²) in [6.07, 6.45) is 4.17. The van der Waals surface area contributed by atoms with Crippen LogP contribution in [0, 0.1) is 0 Å². The van der Waals surface area contributed by atoms with Crippen LogP contribution < -0.4 is 0 Å². The van der Waals surface area contributed by atoms with Gasteiger partial charge in [-0.1, -0.05) is 70.2 Å². The standard InChI is InChI=1S/C21H27NO/c1-6-10-17-19(16-11-8-7-9-12-16)18(13-23)21(15(4)5)22-20(17)14(2)3/h6-12,14-15,23H,13H2,1-5H3/b10-6+. The molecule has 0 aliphatic carbocycles. The van der Waals surface area contributed by atoms with Crippen LogP contribution in [0.3, 0.4) is 0 Å². The first-order valence-corrected chi connectivity index (χ1v) is 8.36. The molecule has 0 spiro atoms. The highest BCUT2D eigenvalue weighted by atomic mass is 16.3. The van der Waals surface area contributed by atoms with Crippen molar-refractivity contribution in [2.75, 3.05) is 0 Å². The molecule has 2 rings (SSSR count). The zero-order chi connectivity index (χ0) is 17.0.